The molecule has 4 rings (SSSR count). The first kappa shape index (κ1) is 17.8. The Labute approximate surface area is 161 Å². The summed E-state index contributed by atoms with van der Waals surface area (Å²) in [5.74, 6) is -0.222. The van der Waals surface area contributed by atoms with Gasteiger partial charge in [0.1, 0.15) is 0 Å². The van der Waals surface area contributed by atoms with E-state index in [0.717, 1.165) is 11.0 Å². The summed E-state index contributed by atoms with van der Waals surface area (Å²) < 4.78 is 3.34. The van der Waals surface area contributed by atoms with E-state index in [1.54, 1.807) is 0 Å². The summed E-state index contributed by atoms with van der Waals surface area (Å²) in [7, 11) is 4.18. The molecule has 2 aliphatic rings. The summed E-state index contributed by atoms with van der Waals surface area (Å²) in [6.07, 6.45) is 3.08. The Balaban J connectivity index is 1.81. The summed E-state index contributed by atoms with van der Waals surface area (Å²) >= 11 is 3.77. The lowest BCUT2D eigenvalue weighted by atomic mass is 9.80. The van der Waals surface area contributed by atoms with E-state index in [4.69, 9.17) is 0 Å². The molecule has 2 N–H and O–H groups in total. The van der Waals surface area contributed by atoms with Gasteiger partial charge >= 0.3 is 0 Å². The maximum Gasteiger partial charge on any atom is 0.228 e. The average molecular weight is 418 g/mol. The first-order valence-electron chi connectivity index (χ1n) is 9.01. The number of aryl methyl sites for hydroxylation is 1. The lowest BCUT2D eigenvalue weighted by molar-refractivity contribution is -0.125. The topological polar surface area (TPSA) is 57.5 Å². The van der Waals surface area contributed by atoms with E-state index in [9.17, 15) is 9.90 Å². The minimum absolute atomic E-state index is 0.0171. The van der Waals surface area contributed by atoms with Crippen LogP contribution in [0.1, 0.15) is 18.1 Å². The van der Waals surface area contributed by atoms with Gasteiger partial charge in [0, 0.05) is 36.6 Å². The summed E-state index contributed by atoms with van der Waals surface area (Å²) in [6, 6.07) is 6.46. The molecule has 1 aliphatic heterocycles. The highest BCUT2D eigenvalue weighted by Gasteiger charge is 2.37. The third kappa shape index (κ3) is 2.63. The lowest BCUT2D eigenvalue weighted by Gasteiger charge is -2.39. The fraction of sp³-hybridized carbons (Fsp3) is 0.450. The number of nitrogens with zero attached hydrogens (tertiary/aromatic N) is 2. The molecule has 6 heteroatoms. The highest BCUT2D eigenvalue weighted by molar-refractivity contribution is 9.10. The van der Waals surface area contributed by atoms with Crippen LogP contribution in [0.15, 0.2) is 28.9 Å². The van der Waals surface area contributed by atoms with Gasteiger partial charge in [-0.15, -0.1) is 0 Å². The molecule has 1 aliphatic carbocycles. The fourth-order valence-electron chi connectivity index (χ4n) is 4.31. The monoisotopic (exact) mass is 417 g/mol. The van der Waals surface area contributed by atoms with Gasteiger partial charge in [-0.3, -0.25) is 9.69 Å². The summed E-state index contributed by atoms with van der Waals surface area (Å²) in [6.45, 7) is 2.46. The standard InChI is InChI=1S/C20H24BrN3O2/c1-11(10-25)22-20(26)12-7-14-13-5-4-6-16-18(13)15(19(21)24(16)3)8-17(14)23(2)9-12/h4-7,11-12,17,25H,8-10H2,1-3H3,(H,22,26)/t11?,12?,17-/m1/s1. The second kappa shape index (κ2) is 6.51. The van der Waals surface area contributed by atoms with Crippen molar-refractivity contribution in [3.63, 3.8) is 0 Å². The molecule has 1 aromatic heterocycles. The molecular weight excluding hydrogens is 394 g/mol. The van der Waals surface area contributed by atoms with Gasteiger partial charge in [0.25, 0.3) is 0 Å². The lowest BCUT2D eigenvalue weighted by Crippen LogP contribution is -2.48. The summed E-state index contributed by atoms with van der Waals surface area (Å²) in [5, 5.41) is 13.4. The number of aliphatic hydroxyl groups is 1. The van der Waals surface area contributed by atoms with Gasteiger partial charge in [0.15, 0.2) is 0 Å². The predicted molar refractivity (Wildman–Crippen MR) is 107 cm³/mol. The molecule has 1 amide bonds. The molecule has 1 aromatic carbocycles. The number of carbonyl (C=O) groups excluding carboxylic acids is 1. The van der Waals surface area contributed by atoms with Gasteiger partial charge in [-0.05, 0) is 59.1 Å². The number of nitrogens with one attached hydrogen (secondary N) is 1. The SMILES string of the molecule is CC(CO)NC(=O)C1C=C2c3cccc4c3c(c(Br)n4C)C[C@H]2N(C)C1. The Kier molecular flexibility index (Phi) is 4.45. The molecule has 138 valence electrons. The van der Waals surface area contributed by atoms with Gasteiger partial charge < -0.3 is 15.0 Å². The number of hydrogen-bond acceptors (Lipinski definition) is 3. The molecule has 2 unspecified atom stereocenters. The molecule has 0 saturated carbocycles. The smallest absolute Gasteiger partial charge is 0.228 e. The van der Waals surface area contributed by atoms with Crippen molar-refractivity contribution in [3.05, 3.63) is 40.0 Å². The van der Waals surface area contributed by atoms with Gasteiger partial charge in [-0.2, -0.15) is 0 Å². The van der Waals surface area contributed by atoms with Crippen LogP contribution in [0, 0.1) is 5.92 Å². The van der Waals surface area contributed by atoms with Crippen LogP contribution in [0.2, 0.25) is 0 Å². The Hall–Kier alpha value is -1.63. The molecule has 0 spiro atoms. The third-order valence-electron chi connectivity index (χ3n) is 5.71. The highest BCUT2D eigenvalue weighted by atomic mass is 79.9. The van der Waals surface area contributed by atoms with E-state index in [2.05, 4.69) is 69.1 Å². The Bertz CT molecular complexity index is 917. The maximum atomic E-state index is 12.6. The predicted octanol–water partition coefficient (Wildman–Crippen LogP) is 2.31. The number of rotatable bonds is 3. The van der Waals surface area contributed by atoms with Gasteiger partial charge in [0.2, 0.25) is 5.91 Å². The van der Waals surface area contributed by atoms with Crippen molar-refractivity contribution in [1.29, 1.82) is 0 Å². The number of aliphatic hydroxyl groups excluding tert-OH is 1. The normalized spacial score (nSPS) is 23.5. The Morgan fingerprint density at radius 3 is 2.92 bits per heavy atom. The first-order chi connectivity index (χ1) is 12.4. The number of amides is 1. The zero-order chi connectivity index (χ0) is 18.6. The first-order valence-corrected chi connectivity index (χ1v) is 9.81. The molecule has 0 radical (unpaired) electrons. The zero-order valence-corrected chi connectivity index (χ0v) is 16.9. The van der Waals surface area contributed by atoms with E-state index in [1.807, 2.05) is 6.92 Å². The molecule has 5 nitrogen and oxygen atoms in total. The minimum atomic E-state index is -0.226. The molecule has 2 aromatic rings. The summed E-state index contributed by atoms with van der Waals surface area (Å²) in [5.41, 5.74) is 5.04. The van der Waals surface area contributed by atoms with Gasteiger partial charge in [-0.1, -0.05) is 18.2 Å². The van der Waals surface area contributed by atoms with Crippen LogP contribution in [-0.4, -0.2) is 52.8 Å². The van der Waals surface area contributed by atoms with Crippen LogP contribution in [0.5, 0.6) is 0 Å². The number of hydrogen-bond donors (Lipinski definition) is 2. The van der Waals surface area contributed by atoms with E-state index >= 15 is 0 Å². The largest absolute Gasteiger partial charge is 0.394 e. The number of halogens is 1. The second-order valence-corrected chi connectivity index (χ2v) is 8.26. The molecular formula is C20H24BrN3O2. The number of likely N-dealkylation sites (N-methyl/N-ethyl adjacent to an activating group) is 1. The van der Waals surface area contributed by atoms with Crippen LogP contribution in [0.25, 0.3) is 16.5 Å². The molecule has 3 atom stereocenters. The van der Waals surface area contributed by atoms with Crippen molar-refractivity contribution in [2.75, 3.05) is 20.2 Å². The number of benzene rings is 1. The fourth-order valence-corrected chi connectivity index (χ4v) is 4.86. The Morgan fingerprint density at radius 2 is 2.19 bits per heavy atom. The van der Waals surface area contributed by atoms with Crippen LogP contribution in [-0.2, 0) is 18.3 Å². The van der Waals surface area contributed by atoms with E-state index < -0.39 is 0 Å². The van der Waals surface area contributed by atoms with Gasteiger partial charge in [-0.25, -0.2) is 0 Å². The van der Waals surface area contributed by atoms with Crippen molar-refractivity contribution in [1.82, 2.24) is 14.8 Å². The summed E-state index contributed by atoms with van der Waals surface area (Å²) in [4.78, 5) is 14.9. The highest BCUT2D eigenvalue weighted by Crippen LogP contribution is 2.44. The van der Waals surface area contributed by atoms with E-state index in [1.165, 1.54) is 27.6 Å². The molecule has 2 heterocycles. The van der Waals surface area contributed by atoms with Crippen molar-refractivity contribution >= 4 is 38.3 Å². The van der Waals surface area contributed by atoms with E-state index in [-0.39, 0.29) is 30.5 Å². The van der Waals surface area contributed by atoms with Crippen molar-refractivity contribution in [2.24, 2.45) is 13.0 Å². The quantitative estimate of drug-likeness (QED) is 0.805. The van der Waals surface area contributed by atoms with Gasteiger partial charge in [0.05, 0.1) is 17.1 Å². The maximum absolute atomic E-state index is 12.6. The van der Waals surface area contributed by atoms with E-state index in [0.29, 0.717) is 6.54 Å². The van der Waals surface area contributed by atoms with Crippen LogP contribution >= 0.6 is 15.9 Å². The van der Waals surface area contributed by atoms with Crippen LogP contribution in [0.4, 0.5) is 0 Å². The molecule has 26 heavy (non-hydrogen) atoms. The van der Waals surface area contributed by atoms with Crippen molar-refractivity contribution in [3.8, 4) is 0 Å². The van der Waals surface area contributed by atoms with Crippen LogP contribution in [0.3, 0.4) is 0 Å². The average Bonchev–Trinajstić information content (AvgIpc) is 2.88. The number of fused-ring (bicyclic) bond motifs is 2. The molecule has 0 saturated heterocycles. The number of aromatic nitrogens is 1. The second-order valence-electron chi connectivity index (χ2n) is 7.51. The zero-order valence-electron chi connectivity index (χ0n) is 15.3. The number of carbonyl (C=O) groups is 1. The molecule has 0 bridgehead atoms. The Morgan fingerprint density at radius 1 is 1.42 bits per heavy atom. The third-order valence-corrected chi connectivity index (χ3v) is 6.72. The van der Waals surface area contributed by atoms with Crippen molar-refractivity contribution < 1.29 is 9.90 Å². The van der Waals surface area contributed by atoms with Crippen LogP contribution < -0.4 is 5.32 Å². The van der Waals surface area contributed by atoms with Crippen molar-refractivity contribution in [2.45, 2.75) is 25.4 Å². The molecule has 0 fully saturated rings. The minimum Gasteiger partial charge on any atom is -0.394 e.